The average molecular weight is 288 g/mol. The van der Waals surface area contributed by atoms with E-state index >= 15 is 0 Å². The third-order valence-electron chi connectivity index (χ3n) is 3.33. The second-order valence-corrected chi connectivity index (χ2v) is 5.51. The highest BCUT2D eigenvalue weighted by Crippen LogP contribution is 2.23. The van der Waals surface area contributed by atoms with Crippen molar-refractivity contribution in [2.75, 3.05) is 7.11 Å². The van der Waals surface area contributed by atoms with Crippen LogP contribution in [0.2, 0.25) is 0 Å². The zero-order chi connectivity index (χ0) is 15.5. The third kappa shape index (κ3) is 3.31. The molecule has 5 heteroatoms. The van der Waals surface area contributed by atoms with Crippen molar-refractivity contribution in [3.8, 4) is 0 Å². The number of benzene rings is 1. The Bertz CT molecular complexity index is 566. The van der Waals surface area contributed by atoms with Gasteiger partial charge < -0.3 is 15.4 Å². The van der Waals surface area contributed by atoms with Crippen LogP contribution in [0.15, 0.2) is 36.0 Å². The van der Waals surface area contributed by atoms with Crippen LogP contribution in [0.3, 0.4) is 0 Å². The van der Waals surface area contributed by atoms with E-state index in [9.17, 15) is 9.59 Å². The van der Waals surface area contributed by atoms with Gasteiger partial charge in [-0.1, -0.05) is 44.2 Å². The molecule has 0 saturated carbocycles. The lowest BCUT2D eigenvalue weighted by atomic mass is 9.96. The summed E-state index contributed by atoms with van der Waals surface area (Å²) in [7, 11) is 1.42. The number of nitrogens with one attached hydrogen (secondary N) is 2. The van der Waals surface area contributed by atoms with Gasteiger partial charge in [-0.3, -0.25) is 9.59 Å². The largest absolute Gasteiger partial charge is 0.350 e. The Morgan fingerprint density at radius 2 is 1.90 bits per heavy atom. The third-order valence-corrected chi connectivity index (χ3v) is 3.33. The second kappa shape index (κ2) is 6.10. The molecule has 2 N–H and O–H groups in total. The molecule has 1 fully saturated rings. The summed E-state index contributed by atoms with van der Waals surface area (Å²) in [6.07, 6.45) is 2.06. The lowest BCUT2D eigenvalue weighted by Crippen LogP contribution is -2.66. The number of methoxy groups -OCH3 is 1. The van der Waals surface area contributed by atoms with Crippen molar-refractivity contribution >= 4 is 17.9 Å². The Kier molecular flexibility index (Phi) is 4.43. The van der Waals surface area contributed by atoms with Gasteiger partial charge in [-0.05, 0) is 17.6 Å². The number of carbonyl (C=O) groups excluding carboxylic acids is 2. The zero-order valence-electron chi connectivity index (χ0n) is 12.5. The molecule has 1 aliphatic heterocycles. The standard InChI is InChI=1S/C16H20N2O3/c1-11(2)10-16(21-3)15(20)17-13(14(19)18-16)9-12-7-5-4-6-8-12/h4-9,11H,10H2,1-3H3,(H,17,20)(H,18,19). The van der Waals surface area contributed by atoms with E-state index in [1.165, 1.54) is 7.11 Å². The molecule has 1 saturated heterocycles. The SMILES string of the molecule is COC1(CC(C)C)NC(=O)C(=Cc2ccccc2)NC1=O. The predicted molar refractivity (Wildman–Crippen MR) is 79.9 cm³/mol. The molecular formula is C16H20N2O3. The van der Waals surface area contributed by atoms with E-state index in [1.807, 2.05) is 44.2 Å². The monoisotopic (exact) mass is 288 g/mol. The lowest BCUT2D eigenvalue weighted by Gasteiger charge is -2.37. The summed E-state index contributed by atoms with van der Waals surface area (Å²) in [5.74, 6) is -0.489. The molecule has 0 spiro atoms. The normalized spacial score (nSPS) is 24.1. The van der Waals surface area contributed by atoms with Crippen molar-refractivity contribution in [2.24, 2.45) is 5.92 Å². The van der Waals surface area contributed by atoms with Crippen molar-refractivity contribution < 1.29 is 14.3 Å². The molecule has 1 unspecified atom stereocenters. The molecule has 0 aromatic heterocycles. The number of piperazine rings is 1. The van der Waals surface area contributed by atoms with E-state index < -0.39 is 5.72 Å². The molecule has 1 aliphatic rings. The van der Waals surface area contributed by atoms with Crippen LogP contribution in [-0.4, -0.2) is 24.6 Å². The number of ether oxygens (including phenoxy) is 1. The van der Waals surface area contributed by atoms with Gasteiger partial charge in [-0.15, -0.1) is 0 Å². The van der Waals surface area contributed by atoms with E-state index in [0.717, 1.165) is 5.56 Å². The van der Waals surface area contributed by atoms with Gasteiger partial charge in [0.15, 0.2) is 0 Å². The highest BCUT2D eigenvalue weighted by Gasteiger charge is 2.45. The first-order chi connectivity index (χ1) is 9.97. The van der Waals surface area contributed by atoms with E-state index in [1.54, 1.807) is 6.08 Å². The lowest BCUT2D eigenvalue weighted by molar-refractivity contribution is -0.158. The van der Waals surface area contributed by atoms with E-state index in [-0.39, 0.29) is 23.4 Å². The summed E-state index contributed by atoms with van der Waals surface area (Å²) in [6, 6.07) is 9.35. The highest BCUT2D eigenvalue weighted by atomic mass is 16.5. The second-order valence-electron chi connectivity index (χ2n) is 5.51. The molecule has 1 aromatic rings. The number of rotatable bonds is 4. The van der Waals surface area contributed by atoms with Crippen molar-refractivity contribution in [3.05, 3.63) is 41.6 Å². The Labute approximate surface area is 124 Å². The summed E-state index contributed by atoms with van der Waals surface area (Å²) in [4.78, 5) is 24.6. The number of amides is 2. The van der Waals surface area contributed by atoms with Gasteiger partial charge in [-0.25, -0.2) is 0 Å². The molecule has 0 aliphatic carbocycles. The summed E-state index contributed by atoms with van der Waals surface area (Å²) < 4.78 is 5.30. The van der Waals surface area contributed by atoms with Crippen LogP contribution < -0.4 is 10.6 Å². The fraction of sp³-hybridized carbons (Fsp3) is 0.375. The molecule has 1 atom stereocenters. The van der Waals surface area contributed by atoms with Gasteiger partial charge in [-0.2, -0.15) is 0 Å². The molecule has 0 bridgehead atoms. The maximum Gasteiger partial charge on any atom is 0.277 e. The van der Waals surface area contributed by atoms with Crippen molar-refractivity contribution in [3.63, 3.8) is 0 Å². The first kappa shape index (κ1) is 15.3. The summed E-state index contributed by atoms with van der Waals surface area (Å²) in [5.41, 5.74) is -0.224. The van der Waals surface area contributed by atoms with Crippen LogP contribution >= 0.6 is 0 Å². The van der Waals surface area contributed by atoms with Crippen LogP contribution in [-0.2, 0) is 14.3 Å². The van der Waals surface area contributed by atoms with Gasteiger partial charge in [0.25, 0.3) is 11.8 Å². The van der Waals surface area contributed by atoms with Gasteiger partial charge in [0.1, 0.15) is 5.70 Å². The number of carbonyl (C=O) groups is 2. The van der Waals surface area contributed by atoms with E-state index in [4.69, 9.17) is 4.74 Å². The maximum atomic E-state index is 12.3. The van der Waals surface area contributed by atoms with Gasteiger partial charge in [0.2, 0.25) is 5.72 Å². The number of hydrogen-bond acceptors (Lipinski definition) is 3. The topological polar surface area (TPSA) is 67.4 Å². The van der Waals surface area contributed by atoms with E-state index in [0.29, 0.717) is 6.42 Å². The zero-order valence-corrected chi connectivity index (χ0v) is 12.5. The van der Waals surface area contributed by atoms with Crippen molar-refractivity contribution in [2.45, 2.75) is 26.0 Å². The molecule has 1 aromatic carbocycles. The molecule has 0 radical (unpaired) electrons. The van der Waals surface area contributed by atoms with Crippen molar-refractivity contribution in [1.29, 1.82) is 0 Å². The molecule has 2 rings (SSSR count). The first-order valence-electron chi connectivity index (χ1n) is 6.93. The van der Waals surface area contributed by atoms with Gasteiger partial charge in [0, 0.05) is 13.5 Å². The summed E-state index contributed by atoms with van der Waals surface area (Å²) >= 11 is 0. The predicted octanol–water partition coefficient (Wildman–Crippen LogP) is 1.66. The van der Waals surface area contributed by atoms with Crippen LogP contribution in [0.25, 0.3) is 6.08 Å². The summed E-state index contributed by atoms with van der Waals surface area (Å²) in [5, 5.41) is 5.34. The van der Waals surface area contributed by atoms with Gasteiger partial charge in [0.05, 0.1) is 0 Å². The Morgan fingerprint density at radius 1 is 1.24 bits per heavy atom. The highest BCUT2D eigenvalue weighted by molar-refractivity contribution is 6.08. The smallest absolute Gasteiger partial charge is 0.277 e. The first-order valence-corrected chi connectivity index (χ1v) is 6.93. The fourth-order valence-corrected chi connectivity index (χ4v) is 2.35. The van der Waals surface area contributed by atoms with Crippen LogP contribution in [0.5, 0.6) is 0 Å². The van der Waals surface area contributed by atoms with Crippen LogP contribution in [0, 0.1) is 5.92 Å². The number of hydrogen-bond donors (Lipinski definition) is 2. The minimum Gasteiger partial charge on any atom is -0.350 e. The molecule has 1 heterocycles. The summed E-state index contributed by atoms with van der Waals surface area (Å²) in [6.45, 7) is 3.94. The quantitative estimate of drug-likeness (QED) is 0.828. The Balaban J connectivity index is 2.25. The molecule has 21 heavy (non-hydrogen) atoms. The van der Waals surface area contributed by atoms with Crippen LogP contribution in [0.1, 0.15) is 25.8 Å². The van der Waals surface area contributed by atoms with Gasteiger partial charge >= 0.3 is 0 Å². The fourth-order valence-electron chi connectivity index (χ4n) is 2.35. The van der Waals surface area contributed by atoms with Crippen LogP contribution in [0.4, 0.5) is 0 Å². The van der Waals surface area contributed by atoms with Crippen molar-refractivity contribution in [1.82, 2.24) is 10.6 Å². The Morgan fingerprint density at radius 3 is 2.48 bits per heavy atom. The Hall–Kier alpha value is -2.14. The molecular weight excluding hydrogens is 268 g/mol. The average Bonchev–Trinajstić information content (AvgIpc) is 2.45. The molecule has 5 nitrogen and oxygen atoms in total. The molecule has 112 valence electrons. The molecule has 2 amide bonds. The minimum atomic E-state index is -1.29. The van der Waals surface area contributed by atoms with E-state index in [2.05, 4.69) is 10.6 Å². The minimum absolute atomic E-state index is 0.204. The maximum absolute atomic E-state index is 12.3.